The van der Waals surface area contributed by atoms with Crippen LogP contribution in [0.5, 0.6) is 5.88 Å². The molecular formula is C26H27F2N3O4. The highest BCUT2D eigenvalue weighted by atomic mass is 19.1. The summed E-state index contributed by atoms with van der Waals surface area (Å²) in [5.41, 5.74) is 1.84. The Kier molecular flexibility index (Phi) is 7.74. The fourth-order valence-electron chi connectivity index (χ4n) is 4.00. The number of hydrogen-bond donors (Lipinski definition) is 0. The molecule has 4 rings (SSSR count). The molecule has 1 fully saturated rings. The molecule has 0 aliphatic carbocycles. The van der Waals surface area contributed by atoms with Gasteiger partial charge in [0.25, 0.3) is 5.91 Å². The molecule has 0 bridgehead atoms. The predicted octanol–water partition coefficient (Wildman–Crippen LogP) is 4.20. The van der Waals surface area contributed by atoms with Gasteiger partial charge in [0.05, 0.1) is 19.1 Å². The fraction of sp³-hybridized carbons (Fsp3) is 0.346. The zero-order valence-electron chi connectivity index (χ0n) is 19.5. The third kappa shape index (κ3) is 6.23. The molecule has 1 saturated heterocycles. The molecule has 0 spiro atoms. The molecule has 1 amide bonds. The first kappa shape index (κ1) is 24.4. The van der Waals surface area contributed by atoms with Crippen LogP contribution in [0.25, 0.3) is 0 Å². The van der Waals surface area contributed by atoms with Crippen molar-refractivity contribution in [1.29, 1.82) is 0 Å². The summed E-state index contributed by atoms with van der Waals surface area (Å²) in [6.45, 7) is 3.38. The SMILES string of the molecule is CCOC(=O)C1CCN(C(=O)c2cn(Cc3ccc(F)cc3)nc2OCc2ccc(F)cc2)CC1. The maximum Gasteiger partial charge on any atom is 0.309 e. The molecule has 0 atom stereocenters. The highest BCUT2D eigenvalue weighted by Crippen LogP contribution is 2.25. The maximum absolute atomic E-state index is 13.4. The van der Waals surface area contributed by atoms with Gasteiger partial charge >= 0.3 is 5.97 Å². The predicted molar refractivity (Wildman–Crippen MR) is 124 cm³/mol. The summed E-state index contributed by atoms with van der Waals surface area (Å²) in [6, 6.07) is 11.9. The minimum Gasteiger partial charge on any atom is -0.471 e. The van der Waals surface area contributed by atoms with Crippen molar-refractivity contribution in [3.05, 3.63) is 83.1 Å². The number of amides is 1. The van der Waals surface area contributed by atoms with Crippen LogP contribution in [0.4, 0.5) is 8.78 Å². The lowest BCUT2D eigenvalue weighted by molar-refractivity contribution is -0.149. The van der Waals surface area contributed by atoms with Crippen LogP contribution >= 0.6 is 0 Å². The van der Waals surface area contributed by atoms with E-state index in [0.29, 0.717) is 44.6 Å². The van der Waals surface area contributed by atoms with Gasteiger partial charge in [0.1, 0.15) is 23.8 Å². The molecule has 1 aliphatic rings. The smallest absolute Gasteiger partial charge is 0.309 e. The Bertz CT molecular complexity index is 1150. The Labute approximate surface area is 202 Å². The first-order chi connectivity index (χ1) is 16.9. The van der Waals surface area contributed by atoms with E-state index in [9.17, 15) is 18.4 Å². The van der Waals surface area contributed by atoms with Crippen molar-refractivity contribution in [2.24, 2.45) is 5.92 Å². The average molecular weight is 484 g/mol. The molecule has 0 unspecified atom stereocenters. The number of hydrogen-bond acceptors (Lipinski definition) is 5. The second-order valence-electron chi connectivity index (χ2n) is 8.41. The highest BCUT2D eigenvalue weighted by molar-refractivity contribution is 5.96. The Morgan fingerprint density at radius 1 is 0.971 bits per heavy atom. The van der Waals surface area contributed by atoms with E-state index in [0.717, 1.165) is 11.1 Å². The van der Waals surface area contributed by atoms with E-state index in [1.807, 2.05) is 0 Å². The van der Waals surface area contributed by atoms with Crippen LogP contribution in [0.3, 0.4) is 0 Å². The standard InChI is InChI=1S/C26H27F2N3O4/c1-2-34-26(33)20-11-13-30(14-12-20)25(32)23-16-31(15-18-3-7-21(27)8-4-18)29-24(23)35-17-19-5-9-22(28)10-6-19/h3-10,16,20H,2,11-15,17H2,1H3. The van der Waals surface area contributed by atoms with Crippen LogP contribution in [0.2, 0.25) is 0 Å². The largest absolute Gasteiger partial charge is 0.471 e. The van der Waals surface area contributed by atoms with Crippen LogP contribution < -0.4 is 4.74 Å². The number of benzene rings is 2. The minimum atomic E-state index is -0.348. The highest BCUT2D eigenvalue weighted by Gasteiger charge is 2.31. The van der Waals surface area contributed by atoms with Gasteiger partial charge in [-0.3, -0.25) is 14.3 Å². The first-order valence-electron chi connectivity index (χ1n) is 11.6. The number of piperidine rings is 1. The fourth-order valence-corrected chi connectivity index (χ4v) is 4.00. The third-order valence-electron chi connectivity index (χ3n) is 5.91. The van der Waals surface area contributed by atoms with Crippen molar-refractivity contribution < 1.29 is 27.8 Å². The molecular weight excluding hydrogens is 456 g/mol. The van der Waals surface area contributed by atoms with Crippen LogP contribution in [-0.2, 0) is 22.7 Å². The van der Waals surface area contributed by atoms with Crippen LogP contribution in [0.15, 0.2) is 54.7 Å². The van der Waals surface area contributed by atoms with Crippen molar-refractivity contribution in [2.75, 3.05) is 19.7 Å². The first-order valence-corrected chi connectivity index (χ1v) is 11.6. The van der Waals surface area contributed by atoms with Gasteiger partial charge in [0.15, 0.2) is 0 Å². The van der Waals surface area contributed by atoms with Crippen molar-refractivity contribution in [1.82, 2.24) is 14.7 Å². The number of nitrogens with zero attached hydrogens (tertiary/aromatic N) is 3. The minimum absolute atomic E-state index is 0.110. The molecule has 1 aromatic heterocycles. The molecule has 0 N–H and O–H groups in total. The number of esters is 1. The van der Waals surface area contributed by atoms with Crippen molar-refractivity contribution in [2.45, 2.75) is 32.9 Å². The Balaban J connectivity index is 1.50. The zero-order valence-corrected chi connectivity index (χ0v) is 19.5. The van der Waals surface area contributed by atoms with E-state index >= 15 is 0 Å². The Morgan fingerprint density at radius 3 is 2.17 bits per heavy atom. The van der Waals surface area contributed by atoms with Gasteiger partial charge in [0.2, 0.25) is 5.88 Å². The number of ether oxygens (including phenoxy) is 2. The number of carbonyl (C=O) groups is 2. The van der Waals surface area contributed by atoms with Crippen LogP contribution in [-0.4, -0.2) is 46.3 Å². The Hall–Kier alpha value is -3.75. The summed E-state index contributed by atoms with van der Waals surface area (Å²) in [6.07, 6.45) is 2.67. The lowest BCUT2D eigenvalue weighted by Gasteiger charge is -2.30. The summed E-state index contributed by atoms with van der Waals surface area (Å²) in [5.74, 6) is -1.20. The Morgan fingerprint density at radius 2 is 1.57 bits per heavy atom. The van der Waals surface area contributed by atoms with Gasteiger partial charge in [-0.25, -0.2) is 8.78 Å². The normalized spacial score (nSPS) is 14.1. The molecule has 184 valence electrons. The van der Waals surface area contributed by atoms with Gasteiger partial charge in [-0.15, -0.1) is 5.10 Å². The number of halogens is 2. The van der Waals surface area contributed by atoms with E-state index < -0.39 is 0 Å². The summed E-state index contributed by atoms with van der Waals surface area (Å²) >= 11 is 0. The van der Waals surface area contributed by atoms with E-state index in [2.05, 4.69) is 5.10 Å². The van der Waals surface area contributed by atoms with Gasteiger partial charge in [-0.1, -0.05) is 24.3 Å². The average Bonchev–Trinajstić information content (AvgIpc) is 3.27. The van der Waals surface area contributed by atoms with Gasteiger partial charge in [-0.2, -0.15) is 0 Å². The van der Waals surface area contributed by atoms with E-state index in [4.69, 9.17) is 9.47 Å². The lowest BCUT2D eigenvalue weighted by atomic mass is 9.96. The molecule has 2 heterocycles. The van der Waals surface area contributed by atoms with Crippen LogP contribution in [0, 0.1) is 17.6 Å². The van der Waals surface area contributed by atoms with Gasteiger partial charge in [-0.05, 0) is 55.2 Å². The van der Waals surface area contributed by atoms with Gasteiger partial charge in [0, 0.05) is 19.3 Å². The molecule has 3 aromatic rings. The molecule has 9 heteroatoms. The molecule has 2 aromatic carbocycles. The molecule has 1 aliphatic heterocycles. The summed E-state index contributed by atoms with van der Waals surface area (Å²) < 4.78 is 39.0. The summed E-state index contributed by atoms with van der Waals surface area (Å²) in [4.78, 5) is 27.1. The number of carbonyl (C=O) groups excluding carboxylic acids is 2. The van der Waals surface area contributed by atoms with E-state index in [1.165, 1.54) is 24.3 Å². The van der Waals surface area contributed by atoms with E-state index in [-0.39, 0.29) is 41.9 Å². The zero-order chi connectivity index (χ0) is 24.8. The summed E-state index contributed by atoms with van der Waals surface area (Å²) in [7, 11) is 0. The third-order valence-corrected chi connectivity index (χ3v) is 5.91. The maximum atomic E-state index is 13.4. The second-order valence-corrected chi connectivity index (χ2v) is 8.41. The van der Waals surface area contributed by atoms with Crippen molar-refractivity contribution in [3.63, 3.8) is 0 Å². The number of likely N-dealkylation sites (tertiary alicyclic amines) is 1. The second kappa shape index (κ2) is 11.1. The van der Waals surface area contributed by atoms with Crippen molar-refractivity contribution >= 4 is 11.9 Å². The molecule has 0 radical (unpaired) electrons. The topological polar surface area (TPSA) is 73.7 Å². The van der Waals surface area contributed by atoms with Gasteiger partial charge < -0.3 is 14.4 Å². The van der Waals surface area contributed by atoms with Crippen LogP contribution in [0.1, 0.15) is 41.3 Å². The quantitative estimate of drug-likeness (QED) is 0.449. The number of rotatable bonds is 8. The lowest BCUT2D eigenvalue weighted by Crippen LogP contribution is -2.40. The van der Waals surface area contributed by atoms with E-state index in [1.54, 1.807) is 47.0 Å². The molecule has 0 saturated carbocycles. The van der Waals surface area contributed by atoms with Crippen molar-refractivity contribution in [3.8, 4) is 5.88 Å². The molecule has 35 heavy (non-hydrogen) atoms. The number of aromatic nitrogens is 2. The monoisotopic (exact) mass is 483 g/mol. The molecule has 7 nitrogen and oxygen atoms in total. The summed E-state index contributed by atoms with van der Waals surface area (Å²) in [5, 5.41) is 4.45.